The van der Waals surface area contributed by atoms with E-state index in [9.17, 15) is 19.3 Å². The molecule has 6 N–H and O–H groups in total. The minimum absolute atomic E-state index is 0.115. The molecular weight excluding hydrogens is 682 g/mol. The molecule has 47 heavy (non-hydrogen) atoms. The quantitative estimate of drug-likeness (QED) is 0.219. The van der Waals surface area contributed by atoms with E-state index in [1.54, 1.807) is 20.8 Å². The van der Waals surface area contributed by atoms with Crippen molar-refractivity contribution in [2.75, 3.05) is 24.7 Å². The number of hydrogen-bond donors (Lipinski definition) is 4. The van der Waals surface area contributed by atoms with Crippen LogP contribution >= 0.6 is 26.4 Å². The van der Waals surface area contributed by atoms with Gasteiger partial charge in [0, 0.05) is 9.31 Å². The number of aliphatic hydroxyl groups is 2. The van der Waals surface area contributed by atoms with E-state index in [2.05, 4.69) is 29.9 Å². The lowest BCUT2D eigenvalue weighted by Crippen LogP contribution is -2.36. The average molecular weight is 714 g/mol. The first-order valence-electron chi connectivity index (χ1n) is 14.3. The molecule has 7 heterocycles. The lowest BCUT2D eigenvalue weighted by Gasteiger charge is -2.30. The number of nitrogens with zero attached hydrogens (tertiary/aromatic N) is 8. The number of fused-ring (bicyclic) bond motifs is 5. The van der Waals surface area contributed by atoms with Crippen molar-refractivity contribution in [3.05, 3.63) is 25.3 Å². The van der Waals surface area contributed by atoms with Crippen LogP contribution in [-0.2, 0) is 36.7 Å². The zero-order valence-corrected chi connectivity index (χ0v) is 27.6. The fourth-order valence-electron chi connectivity index (χ4n) is 5.51. The van der Waals surface area contributed by atoms with Gasteiger partial charge in [0.1, 0.15) is 60.8 Å². The molecule has 252 valence electrons. The first kappa shape index (κ1) is 32.6. The Hall–Kier alpha value is -2.94. The van der Waals surface area contributed by atoms with Gasteiger partial charge in [-0.15, -0.1) is 9.05 Å². The molecule has 3 fully saturated rings. The van der Waals surface area contributed by atoms with Crippen LogP contribution in [0, 0.1) is 0 Å². The molecule has 0 amide bonds. The lowest BCUT2D eigenvalue weighted by molar-refractivity contribution is -0.0570. The third-order valence-electron chi connectivity index (χ3n) is 7.53. The monoisotopic (exact) mass is 713 g/mol. The maximum Gasteiger partial charge on any atom is 0.698 e. The minimum atomic E-state index is -4.18. The first-order chi connectivity index (χ1) is 22.3. The molecule has 7 rings (SSSR count). The molecule has 3 saturated heterocycles. The summed E-state index contributed by atoms with van der Waals surface area (Å²) < 4.78 is 65.5. The smallest absolute Gasteiger partial charge is 0.387 e. The second kappa shape index (κ2) is 12.2. The topological polar surface area (TPSA) is 269 Å². The van der Waals surface area contributed by atoms with Gasteiger partial charge in [0.15, 0.2) is 41.5 Å². The Kier molecular flexibility index (Phi) is 8.45. The number of hydrogen-bond acceptors (Lipinski definition) is 19. The minimum Gasteiger partial charge on any atom is -0.387 e. The van der Waals surface area contributed by atoms with E-state index in [4.69, 9.17) is 39.0 Å². The second-order valence-electron chi connectivity index (χ2n) is 11.9. The molecular formula is C24H31N10O10P2S+. The van der Waals surface area contributed by atoms with Gasteiger partial charge in [0.25, 0.3) is 0 Å². The molecule has 0 radical (unpaired) electrons. The molecule has 2 bridgehead atoms. The lowest BCUT2D eigenvalue weighted by atomic mass is 10.1. The van der Waals surface area contributed by atoms with Gasteiger partial charge < -0.3 is 31.2 Å². The van der Waals surface area contributed by atoms with Crippen LogP contribution in [0.15, 0.2) is 25.3 Å². The van der Waals surface area contributed by atoms with Crippen LogP contribution in [0.2, 0.25) is 0 Å². The van der Waals surface area contributed by atoms with Gasteiger partial charge in [-0.2, -0.15) is 0 Å². The summed E-state index contributed by atoms with van der Waals surface area (Å²) in [5.74, 6) is 0.235. The zero-order chi connectivity index (χ0) is 33.2. The van der Waals surface area contributed by atoms with Gasteiger partial charge in [-0.1, -0.05) is 20.8 Å². The largest absolute Gasteiger partial charge is 0.698 e. The maximum absolute atomic E-state index is 14.5. The molecule has 23 heteroatoms. The van der Waals surface area contributed by atoms with Crippen molar-refractivity contribution in [2.45, 2.75) is 74.6 Å². The molecule has 0 aromatic carbocycles. The van der Waals surface area contributed by atoms with Gasteiger partial charge in [-0.05, 0) is 11.4 Å². The summed E-state index contributed by atoms with van der Waals surface area (Å²) in [5, 5.41) is 22.8. The normalized spacial score (nSPS) is 34.6. The van der Waals surface area contributed by atoms with Crippen molar-refractivity contribution in [2.24, 2.45) is 0 Å². The van der Waals surface area contributed by atoms with Crippen molar-refractivity contribution < 1.29 is 46.9 Å². The highest BCUT2D eigenvalue weighted by Gasteiger charge is 2.55. The van der Waals surface area contributed by atoms with Crippen molar-refractivity contribution in [3.63, 3.8) is 0 Å². The van der Waals surface area contributed by atoms with Crippen LogP contribution in [0.25, 0.3) is 22.3 Å². The van der Waals surface area contributed by atoms with E-state index in [0.717, 1.165) is 11.4 Å². The van der Waals surface area contributed by atoms with Crippen molar-refractivity contribution in [3.8, 4) is 0 Å². The number of imidazole rings is 2. The van der Waals surface area contributed by atoms with Crippen LogP contribution in [0.4, 0.5) is 11.6 Å². The third-order valence-corrected chi connectivity index (χ3v) is 12.9. The fourth-order valence-corrected chi connectivity index (χ4v) is 10.8. The molecule has 20 nitrogen and oxygen atoms in total. The Balaban J connectivity index is 1.22. The molecule has 0 aliphatic carbocycles. The zero-order valence-electron chi connectivity index (χ0n) is 25.0. The van der Waals surface area contributed by atoms with Gasteiger partial charge >= 0.3 is 15.1 Å². The predicted molar refractivity (Wildman–Crippen MR) is 164 cm³/mol. The van der Waals surface area contributed by atoms with Gasteiger partial charge in [-0.3, -0.25) is 18.2 Å². The Morgan fingerprint density at radius 2 is 1.47 bits per heavy atom. The summed E-state index contributed by atoms with van der Waals surface area (Å²) in [6.45, 7) is 0.346. The highest BCUT2D eigenvalue weighted by Crippen LogP contribution is 2.67. The molecule has 0 saturated carbocycles. The van der Waals surface area contributed by atoms with Crippen LogP contribution in [0.5, 0.6) is 0 Å². The standard InChI is InChI=1S/C24H31N10O10P2S/c1-24(2,3)47-46(38)40-5-10-14(35)17(23(41-10)34-9-32-13-19(26)28-7-30-21(13)34)43-45(37)39-4-11-16(44-46)15(36)22(42-11)33-8-31-12-18(25)27-6-29-20(12)33/h6-11,14-17,22-23,35-36H,4-5H2,1-3H3,(H2,25,27,29)(H2,26,28,30)/q+1/t10-,11-,14-,15-,16-,17-,22-,23-,46+/m1/s1. The van der Waals surface area contributed by atoms with E-state index in [0.29, 0.717) is 0 Å². The Bertz CT molecular complexity index is 1870. The summed E-state index contributed by atoms with van der Waals surface area (Å²) in [7, 11) is -2.94. The van der Waals surface area contributed by atoms with Crippen LogP contribution in [-0.4, -0.2) is 104 Å². The summed E-state index contributed by atoms with van der Waals surface area (Å²) in [6.07, 6.45) is -4.92. The predicted octanol–water partition coefficient (Wildman–Crippen LogP) is 1.46. The number of rotatable bonds is 3. The van der Waals surface area contributed by atoms with Crippen molar-refractivity contribution in [1.82, 2.24) is 39.0 Å². The second-order valence-corrected chi connectivity index (χ2v) is 17.5. The molecule has 4 aromatic heterocycles. The third kappa shape index (κ3) is 6.10. The Morgan fingerprint density at radius 3 is 2.09 bits per heavy atom. The Labute approximate surface area is 270 Å². The highest BCUT2D eigenvalue weighted by atomic mass is 32.7. The first-order valence-corrected chi connectivity index (χ1v) is 18.3. The van der Waals surface area contributed by atoms with Gasteiger partial charge in [-0.25, -0.2) is 34.5 Å². The summed E-state index contributed by atoms with van der Waals surface area (Å²) in [5.41, 5.74) is 13.0. The van der Waals surface area contributed by atoms with Gasteiger partial charge in [0.05, 0.1) is 19.3 Å². The highest BCUT2D eigenvalue weighted by molar-refractivity contribution is 8.55. The number of aliphatic hydroxyl groups excluding tert-OH is 2. The van der Waals surface area contributed by atoms with Crippen LogP contribution in [0.3, 0.4) is 0 Å². The number of aromatic nitrogens is 8. The Morgan fingerprint density at radius 1 is 0.872 bits per heavy atom. The summed E-state index contributed by atoms with van der Waals surface area (Å²) in [4.78, 5) is 24.8. The molecule has 10 atom stereocenters. The van der Waals surface area contributed by atoms with Gasteiger partial charge in [0.2, 0.25) is 0 Å². The fraction of sp³-hybridized carbons (Fsp3) is 0.583. The van der Waals surface area contributed by atoms with E-state index >= 15 is 0 Å². The summed E-state index contributed by atoms with van der Waals surface area (Å²) in [6, 6.07) is 0. The average Bonchev–Trinajstić information content (AvgIpc) is 3.76. The number of anilines is 2. The SMILES string of the molecule is CC(C)(C)S[P@@]1(=O)OC[C@H]2O[C@@H](n3cnc4c(N)ncnc43)[C@H](O[P+](=O)OC[C@H]3O[C@@H](n4cnc5c(N)ncnc54)[C@H](O)[C@@H]3O1)[C@@H]2O. The van der Waals surface area contributed by atoms with Crippen molar-refractivity contribution in [1.29, 1.82) is 0 Å². The van der Waals surface area contributed by atoms with E-state index in [-0.39, 0.29) is 34.0 Å². The number of ether oxygens (including phenoxy) is 2. The van der Waals surface area contributed by atoms with Crippen molar-refractivity contribution >= 4 is 60.4 Å². The molecule has 3 aliphatic heterocycles. The summed E-state index contributed by atoms with van der Waals surface area (Å²) >= 11 is 0.895. The maximum atomic E-state index is 14.5. The van der Waals surface area contributed by atoms with E-state index in [1.165, 1.54) is 34.4 Å². The molecule has 0 spiro atoms. The van der Waals surface area contributed by atoms with Crippen LogP contribution < -0.4 is 11.5 Å². The molecule has 1 unspecified atom stereocenters. The molecule has 3 aliphatic rings. The number of nitrogen functional groups attached to an aromatic ring is 2. The van der Waals surface area contributed by atoms with E-state index in [1.807, 2.05) is 0 Å². The van der Waals surface area contributed by atoms with E-state index < -0.39 is 82.1 Å². The molecule has 4 aromatic rings. The van der Waals surface area contributed by atoms with Crippen LogP contribution in [0.1, 0.15) is 33.2 Å². The number of nitrogens with two attached hydrogens (primary N) is 2.